The van der Waals surface area contributed by atoms with Crippen LogP contribution in [0.5, 0.6) is 0 Å². The molecule has 1 unspecified atom stereocenters. The average molecular weight is 331 g/mol. The molecule has 4 aliphatic carbocycles. The van der Waals surface area contributed by atoms with Crippen LogP contribution in [-0.4, -0.2) is 16.9 Å². The molecule has 134 valence electrons. The highest BCUT2D eigenvalue weighted by atomic mass is 16.3. The Hall–Kier alpha value is -0.830. The number of aliphatic hydroxyl groups is 1. The summed E-state index contributed by atoms with van der Waals surface area (Å²) < 4.78 is 0. The van der Waals surface area contributed by atoms with Gasteiger partial charge in [0, 0.05) is 11.6 Å². The predicted molar refractivity (Wildman–Crippen MR) is 98.5 cm³/mol. The number of hydrogen-bond acceptors (Lipinski definition) is 3. The Bertz CT molecular complexity index is 582. The van der Waals surface area contributed by atoms with E-state index in [0.717, 1.165) is 36.3 Å². The first-order chi connectivity index (χ1) is 11.4. The molecule has 0 saturated heterocycles. The zero-order valence-electron chi connectivity index (χ0n) is 15.6. The maximum atomic E-state index is 10.1. The van der Waals surface area contributed by atoms with Gasteiger partial charge in [0.05, 0.1) is 6.10 Å². The minimum atomic E-state index is -0.103. The number of aliphatic hydroxyl groups excluding tert-OH is 1. The van der Waals surface area contributed by atoms with Gasteiger partial charge in [0.15, 0.2) is 0 Å². The van der Waals surface area contributed by atoms with Crippen LogP contribution in [0.4, 0.5) is 0 Å². The molecule has 0 aliphatic heterocycles. The van der Waals surface area contributed by atoms with Gasteiger partial charge in [-0.15, -0.1) is 0 Å². The first-order valence-corrected chi connectivity index (χ1v) is 10.0. The van der Waals surface area contributed by atoms with Crippen molar-refractivity contribution in [3.63, 3.8) is 0 Å². The van der Waals surface area contributed by atoms with Crippen molar-refractivity contribution >= 4 is 5.71 Å². The summed E-state index contributed by atoms with van der Waals surface area (Å²) in [6.45, 7) is 7.16. The fourth-order valence-electron chi connectivity index (χ4n) is 7.42. The first kappa shape index (κ1) is 16.6. The van der Waals surface area contributed by atoms with Gasteiger partial charge in [-0.25, -0.2) is 0 Å². The molecule has 3 heteroatoms. The van der Waals surface area contributed by atoms with Gasteiger partial charge in [0.2, 0.25) is 0 Å². The van der Waals surface area contributed by atoms with E-state index in [2.05, 4.69) is 31.9 Å². The first-order valence-electron chi connectivity index (χ1n) is 10.0. The Morgan fingerprint density at radius 1 is 1.17 bits per heavy atom. The van der Waals surface area contributed by atoms with E-state index >= 15 is 0 Å². The Morgan fingerprint density at radius 3 is 2.71 bits per heavy atom. The Balaban J connectivity index is 1.65. The second-order valence-electron chi connectivity index (χ2n) is 9.60. The minimum Gasteiger partial charge on any atom is -0.393 e. The molecule has 0 aromatic heterocycles. The lowest BCUT2D eigenvalue weighted by Gasteiger charge is -2.58. The zero-order valence-corrected chi connectivity index (χ0v) is 15.6. The van der Waals surface area contributed by atoms with Crippen LogP contribution in [-0.2, 0) is 0 Å². The van der Waals surface area contributed by atoms with Crippen molar-refractivity contribution in [2.75, 3.05) is 0 Å². The summed E-state index contributed by atoms with van der Waals surface area (Å²) in [5.74, 6) is 8.68. The molecule has 3 saturated carbocycles. The fraction of sp³-hybridized carbons (Fsp3) is 0.857. The highest BCUT2D eigenvalue weighted by molar-refractivity contribution is 5.85. The van der Waals surface area contributed by atoms with Gasteiger partial charge in [-0.1, -0.05) is 25.5 Å². The third kappa shape index (κ3) is 2.16. The summed E-state index contributed by atoms with van der Waals surface area (Å²) in [5.41, 5.74) is 3.47. The molecule has 0 amide bonds. The van der Waals surface area contributed by atoms with Crippen LogP contribution in [0.2, 0.25) is 0 Å². The van der Waals surface area contributed by atoms with Crippen LogP contribution < -0.4 is 5.84 Å². The third-order valence-electron chi connectivity index (χ3n) is 8.79. The predicted octanol–water partition coefficient (Wildman–Crippen LogP) is 4.26. The molecule has 24 heavy (non-hydrogen) atoms. The molecule has 0 heterocycles. The van der Waals surface area contributed by atoms with Gasteiger partial charge in [-0.3, -0.25) is 0 Å². The highest BCUT2D eigenvalue weighted by Crippen LogP contribution is 2.66. The van der Waals surface area contributed by atoms with E-state index in [9.17, 15) is 5.11 Å². The van der Waals surface area contributed by atoms with E-state index in [1.165, 1.54) is 38.5 Å². The van der Waals surface area contributed by atoms with Crippen molar-refractivity contribution < 1.29 is 5.11 Å². The number of hydrazone groups is 1. The van der Waals surface area contributed by atoms with Crippen LogP contribution >= 0.6 is 0 Å². The topological polar surface area (TPSA) is 58.6 Å². The van der Waals surface area contributed by atoms with Gasteiger partial charge in [0.1, 0.15) is 0 Å². The molecular formula is C21H34N2O. The van der Waals surface area contributed by atoms with Crippen molar-refractivity contribution in [1.29, 1.82) is 0 Å². The lowest BCUT2D eigenvalue weighted by atomic mass is 9.47. The summed E-state index contributed by atoms with van der Waals surface area (Å²) in [6, 6.07) is 0. The third-order valence-corrected chi connectivity index (χ3v) is 8.79. The Labute approximate surface area is 146 Å². The molecule has 0 spiro atoms. The van der Waals surface area contributed by atoms with Gasteiger partial charge in [-0.05, 0) is 86.9 Å². The summed E-state index contributed by atoms with van der Waals surface area (Å²) in [5, 5.41) is 14.2. The van der Waals surface area contributed by atoms with Gasteiger partial charge in [0.25, 0.3) is 0 Å². The van der Waals surface area contributed by atoms with Crippen LogP contribution in [0.3, 0.4) is 0 Å². The monoisotopic (exact) mass is 330 g/mol. The van der Waals surface area contributed by atoms with Crippen molar-refractivity contribution in [3.05, 3.63) is 11.6 Å². The highest BCUT2D eigenvalue weighted by Gasteiger charge is 2.58. The largest absolute Gasteiger partial charge is 0.393 e. The lowest BCUT2D eigenvalue weighted by Crippen LogP contribution is -2.50. The van der Waals surface area contributed by atoms with E-state index in [1.807, 2.05) is 0 Å². The van der Waals surface area contributed by atoms with Crippen LogP contribution in [0.25, 0.3) is 0 Å². The second kappa shape index (κ2) is 5.59. The smallest absolute Gasteiger partial charge is 0.0577 e. The second-order valence-corrected chi connectivity index (χ2v) is 9.60. The number of nitrogens with zero attached hydrogens (tertiary/aromatic N) is 1. The zero-order chi connectivity index (χ0) is 17.1. The lowest BCUT2D eigenvalue weighted by molar-refractivity contribution is -0.0423. The van der Waals surface area contributed by atoms with Gasteiger partial charge in [-0.2, -0.15) is 5.10 Å². The molecule has 3 N–H and O–H groups in total. The number of fused-ring (bicyclic) bond motifs is 5. The molecule has 0 aromatic rings. The number of hydrogen-bond donors (Lipinski definition) is 2. The average Bonchev–Trinajstić information content (AvgIpc) is 2.92. The molecule has 3 fully saturated rings. The van der Waals surface area contributed by atoms with E-state index in [0.29, 0.717) is 16.7 Å². The van der Waals surface area contributed by atoms with Crippen LogP contribution in [0.1, 0.15) is 72.1 Å². The maximum Gasteiger partial charge on any atom is 0.0577 e. The van der Waals surface area contributed by atoms with Gasteiger partial charge >= 0.3 is 0 Å². The quantitative estimate of drug-likeness (QED) is 0.327. The Kier molecular flexibility index (Phi) is 3.87. The van der Waals surface area contributed by atoms with Gasteiger partial charge < -0.3 is 10.9 Å². The number of nitrogens with two attached hydrogens (primary N) is 1. The normalized spacial score (nSPS) is 51.4. The summed E-state index contributed by atoms with van der Waals surface area (Å²) >= 11 is 0. The van der Waals surface area contributed by atoms with Crippen molar-refractivity contribution in [2.45, 2.75) is 78.2 Å². The molecular weight excluding hydrogens is 296 g/mol. The fourth-order valence-corrected chi connectivity index (χ4v) is 7.42. The molecule has 7 atom stereocenters. The maximum absolute atomic E-state index is 10.1. The van der Waals surface area contributed by atoms with Crippen molar-refractivity contribution in [1.82, 2.24) is 0 Å². The molecule has 3 nitrogen and oxygen atoms in total. The Morgan fingerprint density at radius 2 is 1.96 bits per heavy atom. The van der Waals surface area contributed by atoms with E-state index in [4.69, 9.17) is 5.84 Å². The number of allylic oxidation sites excluding steroid dienone is 1. The van der Waals surface area contributed by atoms with Crippen LogP contribution in [0.15, 0.2) is 16.8 Å². The summed E-state index contributed by atoms with van der Waals surface area (Å²) in [4.78, 5) is 0. The SMILES string of the molecule is CC(=NN)[C@H]1CC[C@H]2[C@@H]3CC=C4CC(O)CC[C@]4(C)[C@H]3CC[C@]12C. The molecule has 0 bridgehead atoms. The number of rotatable bonds is 1. The molecule has 0 aromatic carbocycles. The summed E-state index contributed by atoms with van der Waals surface area (Å²) in [6.07, 6.45) is 12.0. The molecule has 0 radical (unpaired) electrons. The van der Waals surface area contributed by atoms with Crippen LogP contribution in [0, 0.1) is 34.5 Å². The molecule has 4 rings (SSSR count). The molecule has 4 aliphatic rings. The van der Waals surface area contributed by atoms with E-state index in [-0.39, 0.29) is 6.10 Å². The van der Waals surface area contributed by atoms with E-state index < -0.39 is 0 Å². The van der Waals surface area contributed by atoms with Crippen molar-refractivity contribution in [2.24, 2.45) is 45.4 Å². The summed E-state index contributed by atoms with van der Waals surface area (Å²) in [7, 11) is 0. The standard InChI is InChI=1S/C21H34N2O/c1-13(23-22)17-6-7-18-16-5-4-14-12-15(24)8-10-20(14,2)19(16)9-11-21(17,18)3/h4,15-19,24H,5-12,22H2,1-3H3/t15?,16-,17+,18-,19-,20-,21+/m0/s1. The minimum absolute atomic E-state index is 0.103. The van der Waals surface area contributed by atoms with E-state index in [1.54, 1.807) is 5.57 Å². The van der Waals surface area contributed by atoms with Crippen molar-refractivity contribution in [3.8, 4) is 0 Å².